The molecule has 0 saturated heterocycles. The van der Waals surface area contributed by atoms with Crippen molar-refractivity contribution in [3.05, 3.63) is 59.9 Å². The first-order valence-corrected chi connectivity index (χ1v) is 6.22. The van der Waals surface area contributed by atoms with Crippen molar-refractivity contribution < 1.29 is 4.42 Å². The normalized spacial score (nSPS) is 12.7. The highest BCUT2D eigenvalue weighted by molar-refractivity contribution is 5.77. The van der Waals surface area contributed by atoms with Gasteiger partial charge in [-0.3, -0.25) is 0 Å². The summed E-state index contributed by atoms with van der Waals surface area (Å²) in [6.07, 6.45) is 3.63. The third-order valence-corrected chi connectivity index (χ3v) is 3.08. The predicted octanol–water partition coefficient (Wildman–Crippen LogP) is 2.84. The molecular weight excluding hydrogens is 238 g/mol. The summed E-state index contributed by atoms with van der Waals surface area (Å²) in [5, 5.41) is 4.28. The SMILES string of the molecule is CNC(c1ncc(C)cn1)c1cc2ccccc2o1. The van der Waals surface area contributed by atoms with Gasteiger partial charge in [-0.2, -0.15) is 0 Å². The molecule has 0 saturated carbocycles. The van der Waals surface area contributed by atoms with Crippen molar-refractivity contribution in [1.82, 2.24) is 15.3 Å². The molecule has 96 valence electrons. The van der Waals surface area contributed by atoms with E-state index < -0.39 is 0 Å². The van der Waals surface area contributed by atoms with E-state index in [1.165, 1.54) is 0 Å². The van der Waals surface area contributed by atoms with Crippen LogP contribution >= 0.6 is 0 Å². The van der Waals surface area contributed by atoms with Crippen LogP contribution in [0.25, 0.3) is 11.0 Å². The zero-order chi connectivity index (χ0) is 13.2. The summed E-state index contributed by atoms with van der Waals surface area (Å²) in [4.78, 5) is 8.72. The quantitative estimate of drug-likeness (QED) is 0.779. The molecule has 2 heterocycles. The molecule has 0 aliphatic rings. The fraction of sp³-hybridized carbons (Fsp3) is 0.200. The maximum atomic E-state index is 5.86. The highest BCUT2D eigenvalue weighted by Crippen LogP contribution is 2.26. The Kier molecular flexibility index (Phi) is 3.01. The molecule has 1 aromatic carbocycles. The molecule has 0 aliphatic heterocycles. The molecular formula is C15H15N3O. The molecule has 1 atom stereocenters. The molecule has 19 heavy (non-hydrogen) atoms. The maximum absolute atomic E-state index is 5.86. The summed E-state index contributed by atoms with van der Waals surface area (Å²) >= 11 is 0. The third-order valence-electron chi connectivity index (χ3n) is 3.08. The molecule has 0 fully saturated rings. The van der Waals surface area contributed by atoms with E-state index in [0.717, 1.165) is 22.3 Å². The van der Waals surface area contributed by atoms with Gasteiger partial charge in [0.2, 0.25) is 0 Å². The standard InChI is InChI=1S/C15H15N3O/c1-10-8-17-15(18-9-10)14(16-2)13-7-11-5-3-4-6-12(11)19-13/h3-9,14,16H,1-2H3. The monoisotopic (exact) mass is 253 g/mol. The van der Waals surface area contributed by atoms with Crippen LogP contribution in [0.15, 0.2) is 47.1 Å². The van der Waals surface area contributed by atoms with Crippen molar-refractivity contribution in [3.8, 4) is 0 Å². The Hall–Kier alpha value is -2.20. The number of rotatable bonds is 3. The van der Waals surface area contributed by atoms with Gasteiger partial charge in [-0.05, 0) is 31.7 Å². The van der Waals surface area contributed by atoms with Crippen LogP contribution < -0.4 is 5.32 Å². The van der Waals surface area contributed by atoms with Crippen LogP contribution in [-0.2, 0) is 0 Å². The van der Waals surface area contributed by atoms with E-state index in [2.05, 4.69) is 15.3 Å². The second-order valence-corrected chi connectivity index (χ2v) is 4.53. The molecule has 0 aliphatic carbocycles. The Morgan fingerprint density at radius 3 is 2.58 bits per heavy atom. The van der Waals surface area contributed by atoms with Crippen molar-refractivity contribution >= 4 is 11.0 Å². The maximum Gasteiger partial charge on any atom is 0.152 e. The zero-order valence-electron chi connectivity index (χ0n) is 10.9. The lowest BCUT2D eigenvalue weighted by Gasteiger charge is -2.11. The lowest BCUT2D eigenvalue weighted by atomic mass is 10.2. The van der Waals surface area contributed by atoms with Gasteiger partial charge in [0.05, 0.1) is 0 Å². The lowest BCUT2D eigenvalue weighted by Crippen LogP contribution is -2.19. The minimum absolute atomic E-state index is 0.131. The van der Waals surface area contributed by atoms with Crippen molar-refractivity contribution in [3.63, 3.8) is 0 Å². The molecule has 3 aromatic rings. The third kappa shape index (κ3) is 2.22. The average molecular weight is 253 g/mol. The van der Waals surface area contributed by atoms with E-state index in [1.54, 1.807) is 0 Å². The molecule has 1 N–H and O–H groups in total. The Labute approximate surface area is 111 Å². The number of aromatic nitrogens is 2. The molecule has 4 nitrogen and oxygen atoms in total. The van der Waals surface area contributed by atoms with Crippen LogP contribution in [0.1, 0.15) is 23.2 Å². The van der Waals surface area contributed by atoms with Crippen molar-refractivity contribution in [2.45, 2.75) is 13.0 Å². The summed E-state index contributed by atoms with van der Waals surface area (Å²) in [7, 11) is 1.88. The van der Waals surface area contributed by atoms with Gasteiger partial charge in [-0.15, -0.1) is 0 Å². The Balaban J connectivity index is 2.04. The fourth-order valence-electron chi connectivity index (χ4n) is 2.09. The molecule has 2 aromatic heterocycles. The van der Waals surface area contributed by atoms with E-state index in [0.29, 0.717) is 5.82 Å². The fourth-order valence-corrected chi connectivity index (χ4v) is 2.09. The van der Waals surface area contributed by atoms with E-state index in [4.69, 9.17) is 4.42 Å². The minimum Gasteiger partial charge on any atom is -0.459 e. The number of nitrogens with zero attached hydrogens (tertiary/aromatic N) is 2. The Morgan fingerprint density at radius 2 is 1.89 bits per heavy atom. The molecule has 4 heteroatoms. The highest BCUT2D eigenvalue weighted by Gasteiger charge is 2.19. The lowest BCUT2D eigenvalue weighted by molar-refractivity contribution is 0.478. The summed E-state index contributed by atoms with van der Waals surface area (Å²) in [5.41, 5.74) is 1.92. The first kappa shape index (κ1) is 11.9. The van der Waals surface area contributed by atoms with Crippen molar-refractivity contribution in [2.75, 3.05) is 7.05 Å². The summed E-state index contributed by atoms with van der Waals surface area (Å²) < 4.78 is 5.86. The van der Waals surface area contributed by atoms with Gasteiger partial charge < -0.3 is 9.73 Å². The topological polar surface area (TPSA) is 51.0 Å². The minimum atomic E-state index is -0.131. The van der Waals surface area contributed by atoms with Crippen LogP contribution in [0.5, 0.6) is 0 Å². The summed E-state index contributed by atoms with van der Waals surface area (Å²) in [5.74, 6) is 1.54. The van der Waals surface area contributed by atoms with Crippen molar-refractivity contribution in [2.24, 2.45) is 0 Å². The molecule has 0 spiro atoms. The smallest absolute Gasteiger partial charge is 0.152 e. The van der Waals surface area contributed by atoms with Gasteiger partial charge in [0.25, 0.3) is 0 Å². The van der Waals surface area contributed by atoms with E-state index >= 15 is 0 Å². The number of hydrogen-bond donors (Lipinski definition) is 1. The molecule has 0 radical (unpaired) electrons. The molecule has 0 bridgehead atoms. The van der Waals surface area contributed by atoms with Gasteiger partial charge in [0, 0.05) is 17.8 Å². The Bertz CT molecular complexity index is 655. The van der Waals surface area contributed by atoms with Crippen LogP contribution in [0.4, 0.5) is 0 Å². The largest absolute Gasteiger partial charge is 0.459 e. The number of aryl methyl sites for hydroxylation is 1. The first-order chi connectivity index (χ1) is 9.28. The average Bonchev–Trinajstić information content (AvgIpc) is 2.85. The van der Waals surface area contributed by atoms with Gasteiger partial charge >= 0.3 is 0 Å². The number of furan rings is 1. The molecule has 1 unspecified atom stereocenters. The van der Waals surface area contributed by atoms with Crippen LogP contribution in [0.2, 0.25) is 0 Å². The van der Waals surface area contributed by atoms with E-state index in [1.807, 2.05) is 56.7 Å². The van der Waals surface area contributed by atoms with Crippen LogP contribution in [-0.4, -0.2) is 17.0 Å². The summed E-state index contributed by atoms with van der Waals surface area (Å²) in [6.45, 7) is 1.97. The highest BCUT2D eigenvalue weighted by atomic mass is 16.3. The van der Waals surface area contributed by atoms with Gasteiger partial charge in [-0.25, -0.2) is 9.97 Å². The summed E-state index contributed by atoms with van der Waals surface area (Å²) in [6, 6.07) is 9.85. The zero-order valence-corrected chi connectivity index (χ0v) is 10.9. The number of fused-ring (bicyclic) bond motifs is 1. The van der Waals surface area contributed by atoms with E-state index in [-0.39, 0.29) is 6.04 Å². The number of benzene rings is 1. The van der Waals surface area contributed by atoms with Crippen LogP contribution in [0.3, 0.4) is 0 Å². The Morgan fingerprint density at radius 1 is 1.16 bits per heavy atom. The van der Waals surface area contributed by atoms with Gasteiger partial charge in [0.15, 0.2) is 5.82 Å². The van der Waals surface area contributed by atoms with E-state index in [9.17, 15) is 0 Å². The number of nitrogens with one attached hydrogen (secondary N) is 1. The molecule has 0 amide bonds. The van der Waals surface area contributed by atoms with Crippen molar-refractivity contribution in [1.29, 1.82) is 0 Å². The number of para-hydroxylation sites is 1. The second-order valence-electron chi connectivity index (χ2n) is 4.53. The predicted molar refractivity (Wildman–Crippen MR) is 73.9 cm³/mol. The van der Waals surface area contributed by atoms with Crippen LogP contribution in [0, 0.1) is 6.92 Å². The second kappa shape index (κ2) is 4.82. The number of hydrogen-bond acceptors (Lipinski definition) is 4. The first-order valence-electron chi connectivity index (χ1n) is 6.22. The van der Waals surface area contributed by atoms with Gasteiger partial charge in [-0.1, -0.05) is 18.2 Å². The van der Waals surface area contributed by atoms with Gasteiger partial charge in [0.1, 0.15) is 17.4 Å². The molecule has 3 rings (SSSR count).